The van der Waals surface area contributed by atoms with Gasteiger partial charge >= 0.3 is 0 Å². The molecule has 26 heavy (non-hydrogen) atoms. The Morgan fingerprint density at radius 3 is 2.58 bits per heavy atom. The zero-order valence-electron chi connectivity index (χ0n) is 14.5. The van der Waals surface area contributed by atoms with E-state index in [4.69, 9.17) is 21.1 Å². The van der Waals surface area contributed by atoms with Gasteiger partial charge in [-0.1, -0.05) is 45.4 Å². The van der Waals surface area contributed by atoms with Crippen molar-refractivity contribution in [1.82, 2.24) is 5.32 Å². The van der Waals surface area contributed by atoms with E-state index in [1.807, 2.05) is 24.3 Å². The first kappa shape index (κ1) is 20.2. The molecule has 0 fully saturated rings. The standard InChI is InChI=1S/C20H19BrClNO3/c1-20(2,26-17-10-8-16(22)9-11-17)19(24)23-12-3-4-13-25-18-7-5-6-15(21)14-18/h5-11,14H,12-13H2,1-2H3,(H,23,24). The molecule has 0 spiro atoms. The number of hydrogen-bond acceptors (Lipinski definition) is 3. The molecule has 2 aromatic carbocycles. The highest BCUT2D eigenvalue weighted by atomic mass is 79.9. The Bertz CT molecular complexity index is 810. The van der Waals surface area contributed by atoms with Crippen molar-refractivity contribution in [2.24, 2.45) is 0 Å². The van der Waals surface area contributed by atoms with Crippen LogP contribution in [0.3, 0.4) is 0 Å². The van der Waals surface area contributed by atoms with E-state index >= 15 is 0 Å². The van der Waals surface area contributed by atoms with E-state index in [2.05, 4.69) is 33.1 Å². The van der Waals surface area contributed by atoms with Gasteiger partial charge < -0.3 is 14.8 Å². The van der Waals surface area contributed by atoms with Crippen molar-refractivity contribution < 1.29 is 14.3 Å². The van der Waals surface area contributed by atoms with Crippen LogP contribution in [0.15, 0.2) is 53.0 Å². The molecule has 0 aliphatic carbocycles. The summed E-state index contributed by atoms with van der Waals surface area (Å²) in [5, 5.41) is 3.35. The Labute approximate surface area is 167 Å². The van der Waals surface area contributed by atoms with E-state index in [1.54, 1.807) is 38.1 Å². The molecule has 0 unspecified atom stereocenters. The van der Waals surface area contributed by atoms with Crippen LogP contribution in [-0.2, 0) is 4.79 Å². The van der Waals surface area contributed by atoms with E-state index in [-0.39, 0.29) is 19.1 Å². The number of nitrogens with one attached hydrogen (secondary N) is 1. The third-order valence-electron chi connectivity index (χ3n) is 3.30. The molecule has 2 aromatic rings. The van der Waals surface area contributed by atoms with Gasteiger partial charge in [-0.05, 0) is 56.3 Å². The van der Waals surface area contributed by atoms with Crippen LogP contribution in [0.25, 0.3) is 0 Å². The molecule has 0 bridgehead atoms. The molecule has 0 radical (unpaired) electrons. The lowest BCUT2D eigenvalue weighted by Gasteiger charge is -2.24. The smallest absolute Gasteiger partial charge is 0.264 e. The molecule has 6 heteroatoms. The topological polar surface area (TPSA) is 47.6 Å². The quantitative estimate of drug-likeness (QED) is 0.680. The van der Waals surface area contributed by atoms with Crippen LogP contribution in [0.4, 0.5) is 0 Å². The number of benzene rings is 2. The van der Waals surface area contributed by atoms with Crippen LogP contribution >= 0.6 is 27.5 Å². The van der Waals surface area contributed by atoms with Crippen molar-refractivity contribution in [3.05, 3.63) is 58.0 Å². The Balaban J connectivity index is 1.76. The van der Waals surface area contributed by atoms with Crippen molar-refractivity contribution in [2.45, 2.75) is 19.4 Å². The molecule has 0 saturated heterocycles. The van der Waals surface area contributed by atoms with Gasteiger partial charge in [0.25, 0.3) is 5.91 Å². The molecule has 4 nitrogen and oxygen atoms in total. The minimum Gasteiger partial charge on any atom is -0.481 e. The molecule has 2 rings (SSSR count). The highest BCUT2D eigenvalue weighted by Gasteiger charge is 2.29. The van der Waals surface area contributed by atoms with Crippen LogP contribution in [0.2, 0.25) is 5.02 Å². The first-order valence-electron chi connectivity index (χ1n) is 7.94. The monoisotopic (exact) mass is 435 g/mol. The molecule has 0 saturated carbocycles. The Hall–Kier alpha value is -2.16. The third kappa shape index (κ3) is 6.62. The second-order valence-corrected chi connectivity index (χ2v) is 7.20. The number of amides is 1. The summed E-state index contributed by atoms with van der Waals surface area (Å²) in [6.45, 7) is 3.85. The van der Waals surface area contributed by atoms with Crippen molar-refractivity contribution >= 4 is 33.4 Å². The van der Waals surface area contributed by atoms with Crippen LogP contribution in [-0.4, -0.2) is 24.7 Å². The molecule has 0 heterocycles. The highest BCUT2D eigenvalue weighted by Crippen LogP contribution is 2.21. The summed E-state index contributed by atoms with van der Waals surface area (Å²) < 4.78 is 12.2. The van der Waals surface area contributed by atoms with Crippen molar-refractivity contribution in [1.29, 1.82) is 0 Å². The number of hydrogen-bond donors (Lipinski definition) is 1. The van der Waals surface area contributed by atoms with E-state index in [0.29, 0.717) is 10.8 Å². The van der Waals surface area contributed by atoms with Gasteiger partial charge in [-0.25, -0.2) is 0 Å². The molecule has 0 atom stereocenters. The van der Waals surface area contributed by atoms with Crippen molar-refractivity contribution in [2.75, 3.05) is 13.2 Å². The van der Waals surface area contributed by atoms with E-state index in [9.17, 15) is 4.79 Å². The van der Waals surface area contributed by atoms with Crippen LogP contribution in [0.5, 0.6) is 11.5 Å². The SMILES string of the molecule is CC(C)(Oc1ccc(Cl)cc1)C(=O)NCC#CCOc1cccc(Br)c1. The lowest BCUT2D eigenvalue weighted by molar-refractivity contribution is -0.133. The summed E-state index contributed by atoms with van der Waals surface area (Å²) in [7, 11) is 0. The van der Waals surface area contributed by atoms with E-state index < -0.39 is 5.60 Å². The first-order chi connectivity index (χ1) is 12.4. The maximum absolute atomic E-state index is 12.3. The van der Waals surface area contributed by atoms with E-state index in [0.717, 1.165) is 10.2 Å². The summed E-state index contributed by atoms with van der Waals surface area (Å²) >= 11 is 9.22. The Morgan fingerprint density at radius 1 is 1.15 bits per heavy atom. The van der Waals surface area contributed by atoms with Crippen LogP contribution < -0.4 is 14.8 Å². The summed E-state index contributed by atoms with van der Waals surface area (Å²) in [4.78, 5) is 12.3. The highest BCUT2D eigenvalue weighted by molar-refractivity contribution is 9.10. The third-order valence-corrected chi connectivity index (χ3v) is 4.05. The second-order valence-electron chi connectivity index (χ2n) is 5.85. The normalized spacial score (nSPS) is 10.5. The van der Waals surface area contributed by atoms with Crippen molar-refractivity contribution in [3.63, 3.8) is 0 Å². The summed E-state index contributed by atoms with van der Waals surface area (Å²) in [5.74, 6) is 6.76. The molecule has 0 aliphatic rings. The second kappa shape index (κ2) is 9.51. The molecule has 1 amide bonds. The molecule has 1 N–H and O–H groups in total. The average molecular weight is 437 g/mol. The largest absolute Gasteiger partial charge is 0.481 e. The molecule has 0 aromatic heterocycles. The summed E-state index contributed by atoms with van der Waals surface area (Å²) in [6.07, 6.45) is 0. The number of carbonyl (C=O) groups is 1. The zero-order chi connectivity index (χ0) is 19.0. The van der Waals surface area contributed by atoms with Gasteiger partial charge in [0.1, 0.15) is 18.1 Å². The number of halogens is 2. The maximum Gasteiger partial charge on any atom is 0.264 e. The fourth-order valence-corrected chi connectivity index (χ4v) is 2.47. The predicted octanol–water partition coefficient (Wildman–Crippen LogP) is 4.46. The van der Waals surface area contributed by atoms with E-state index in [1.165, 1.54) is 0 Å². The number of carbonyl (C=O) groups excluding carboxylic acids is 1. The van der Waals surface area contributed by atoms with Gasteiger partial charge in [0.05, 0.1) is 6.54 Å². The van der Waals surface area contributed by atoms with Gasteiger partial charge in [-0.2, -0.15) is 0 Å². The predicted molar refractivity (Wildman–Crippen MR) is 107 cm³/mol. The molecular formula is C20H19BrClNO3. The summed E-state index contributed by atoms with van der Waals surface area (Å²) in [6, 6.07) is 14.4. The molecule has 0 aliphatic heterocycles. The van der Waals surface area contributed by atoms with Crippen LogP contribution in [0.1, 0.15) is 13.8 Å². The molecular weight excluding hydrogens is 418 g/mol. The van der Waals surface area contributed by atoms with Crippen LogP contribution in [0, 0.1) is 11.8 Å². The lowest BCUT2D eigenvalue weighted by Crippen LogP contribution is -2.46. The molecule has 136 valence electrons. The minimum atomic E-state index is -1.03. The fraction of sp³-hybridized carbons (Fsp3) is 0.250. The van der Waals surface area contributed by atoms with Crippen molar-refractivity contribution in [3.8, 4) is 23.3 Å². The first-order valence-corrected chi connectivity index (χ1v) is 9.11. The Morgan fingerprint density at radius 2 is 1.88 bits per heavy atom. The van der Waals surface area contributed by atoms with Gasteiger partial charge in [0.2, 0.25) is 0 Å². The number of ether oxygens (including phenoxy) is 2. The summed E-state index contributed by atoms with van der Waals surface area (Å²) in [5.41, 5.74) is -1.03. The van der Waals surface area contributed by atoms with Gasteiger partial charge in [0, 0.05) is 9.50 Å². The fourth-order valence-electron chi connectivity index (χ4n) is 1.97. The maximum atomic E-state index is 12.3. The lowest BCUT2D eigenvalue weighted by atomic mass is 10.1. The Kier molecular flexibility index (Phi) is 7.38. The van der Waals surface area contributed by atoms with Gasteiger partial charge in [0.15, 0.2) is 5.60 Å². The van der Waals surface area contributed by atoms with Gasteiger partial charge in [-0.3, -0.25) is 4.79 Å². The van der Waals surface area contributed by atoms with Gasteiger partial charge in [-0.15, -0.1) is 0 Å². The zero-order valence-corrected chi connectivity index (χ0v) is 16.9. The average Bonchev–Trinajstić information content (AvgIpc) is 2.59. The minimum absolute atomic E-state index is 0.216. The number of rotatable bonds is 6.